The highest BCUT2D eigenvalue weighted by Gasteiger charge is 2.40. The van der Waals surface area contributed by atoms with Crippen LogP contribution in [0, 0.1) is 0 Å². The molecule has 3 amide bonds. The van der Waals surface area contributed by atoms with Crippen LogP contribution in [0.2, 0.25) is 0 Å². The summed E-state index contributed by atoms with van der Waals surface area (Å²) in [6.07, 6.45) is 4.32. The number of nitrogens with zero attached hydrogens (tertiary/aromatic N) is 4. The molecule has 3 aliphatic heterocycles. The molecule has 34 heavy (non-hydrogen) atoms. The maximum absolute atomic E-state index is 13.5. The Balaban J connectivity index is 1.29. The van der Waals surface area contributed by atoms with Crippen LogP contribution < -0.4 is 14.8 Å². The topological polar surface area (TPSA) is 114 Å². The van der Waals surface area contributed by atoms with E-state index in [9.17, 15) is 14.4 Å². The van der Waals surface area contributed by atoms with Gasteiger partial charge in [0.25, 0.3) is 11.8 Å². The Morgan fingerprint density at radius 3 is 2.68 bits per heavy atom. The van der Waals surface area contributed by atoms with Gasteiger partial charge in [-0.1, -0.05) is 12.1 Å². The Morgan fingerprint density at radius 2 is 1.82 bits per heavy atom. The van der Waals surface area contributed by atoms with Gasteiger partial charge < -0.3 is 24.6 Å². The number of hydrogen-bond acceptors (Lipinski definition) is 7. The van der Waals surface area contributed by atoms with E-state index >= 15 is 0 Å². The molecule has 2 aromatic carbocycles. The fourth-order valence-corrected chi connectivity index (χ4v) is 4.46. The van der Waals surface area contributed by atoms with Gasteiger partial charge in [-0.15, -0.1) is 0 Å². The van der Waals surface area contributed by atoms with Gasteiger partial charge in [0.15, 0.2) is 11.5 Å². The number of rotatable bonds is 2. The van der Waals surface area contributed by atoms with Crippen molar-refractivity contribution in [1.82, 2.24) is 19.8 Å². The standard InChI is InChI=1S/C24H19N5O5/c30-22-19-12-28(24(32)18-11-25-5-6-26-18)7-8-29(19)23(31)16-9-14(1-3-17(16)27-22)15-2-4-20-21(10-15)34-13-33-20/h1-6,9-11,19H,7-8,12-13H2,(H,27,30)/t19-/m0/s1. The van der Waals surface area contributed by atoms with Crippen molar-refractivity contribution in [2.45, 2.75) is 6.04 Å². The average Bonchev–Trinajstić information content (AvgIpc) is 3.32. The van der Waals surface area contributed by atoms with Crippen molar-refractivity contribution in [1.29, 1.82) is 0 Å². The summed E-state index contributed by atoms with van der Waals surface area (Å²) in [6.45, 7) is 0.787. The normalized spacial score (nSPS) is 18.6. The third-order valence-electron chi connectivity index (χ3n) is 6.23. The smallest absolute Gasteiger partial charge is 0.274 e. The maximum atomic E-state index is 13.5. The van der Waals surface area contributed by atoms with E-state index in [4.69, 9.17) is 9.47 Å². The molecule has 0 radical (unpaired) electrons. The third-order valence-corrected chi connectivity index (χ3v) is 6.23. The Morgan fingerprint density at radius 1 is 1.00 bits per heavy atom. The molecule has 3 aliphatic rings. The minimum Gasteiger partial charge on any atom is -0.454 e. The Labute approximate surface area is 194 Å². The molecule has 0 bridgehead atoms. The highest BCUT2D eigenvalue weighted by molar-refractivity contribution is 6.11. The fraction of sp³-hybridized carbons (Fsp3) is 0.208. The number of anilines is 1. The number of fused-ring (bicyclic) bond motifs is 3. The number of hydrogen-bond donors (Lipinski definition) is 1. The molecule has 1 saturated heterocycles. The van der Waals surface area contributed by atoms with Crippen LogP contribution in [-0.4, -0.2) is 70.0 Å². The Hall–Kier alpha value is -4.47. The van der Waals surface area contributed by atoms with E-state index in [1.807, 2.05) is 24.3 Å². The number of nitrogens with one attached hydrogen (secondary N) is 1. The van der Waals surface area contributed by atoms with Gasteiger partial charge >= 0.3 is 0 Å². The van der Waals surface area contributed by atoms with Crippen LogP contribution in [0.3, 0.4) is 0 Å². The number of carbonyl (C=O) groups excluding carboxylic acids is 3. The molecule has 0 unspecified atom stereocenters. The van der Waals surface area contributed by atoms with Crippen LogP contribution in [0.1, 0.15) is 20.8 Å². The number of carbonyl (C=O) groups is 3. The van der Waals surface area contributed by atoms with Gasteiger partial charge in [0.1, 0.15) is 11.7 Å². The quantitative estimate of drug-likeness (QED) is 0.624. The second kappa shape index (κ2) is 7.84. The predicted molar refractivity (Wildman–Crippen MR) is 119 cm³/mol. The van der Waals surface area contributed by atoms with Crippen molar-refractivity contribution < 1.29 is 23.9 Å². The lowest BCUT2D eigenvalue weighted by Gasteiger charge is -2.39. The van der Waals surface area contributed by atoms with Crippen LogP contribution in [0.5, 0.6) is 11.5 Å². The minimum atomic E-state index is -0.803. The van der Waals surface area contributed by atoms with Gasteiger partial charge in [-0.3, -0.25) is 19.4 Å². The summed E-state index contributed by atoms with van der Waals surface area (Å²) in [5.74, 6) is 0.418. The first-order valence-electron chi connectivity index (χ1n) is 10.8. The van der Waals surface area contributed by atoms with E-state index in [1.54, 1.807) is 12.1 Å². The van der Waals surface area contributed by atoms with Crippen molar-refractivity contribution in [2.75, 3.05) is 31.7 Å². The van der Waals surface area contributed by atoms with Crippen molar-refractivity contribution in [3.63, 3.8) is 0 Å². The molecule has 0 spiro atoms. The molecule has 10 heteroatoms. The maximum Gasteiger partial charge on any atom is 0.274 e. The van der Waals surface area contributed by atoms with Gasteiger partial charge in [0, 0.05) is 25.5 Å². The van der Waals surface area contributed by atoms with Crippen LogP contribution in [0.4, 0.5) is 5.69 Å². The summed E-state index contributed by atoms with van der Waals surface area (Å²) < 4.78 is 10.8. The highest BCUT2D eigenvalue weighted by Crippen LogP contribution is 2.37. The number of piperazine rings is 1. The average molecular weight is 457 g/mol. The first-order chi connectivity index (χ1) is 16.6. The van der Waals surface area contributed by atoms with Gasteiger partial charge in [-0.2, -0.15) is 0 Å². The third kappa shape index (κ3) is 3.31. The minimum absolute atomic E-state index is 0.0794. The molecule has 1 aromatic heterocycles. The van der Waals surface area contributed by atoms with Crippen LogP contribution in [0.25, 0.3) is 11.1 Å². The molecule has 3 aromatic rings. The zero-order valence-corrected chi connectivity index (χ0v) is 17.9. The SMILES string of the molecule is O=C1Nc2ccc(-c3ccc4c(c3)OCO4)cc2C(=O)N2CCN(C(=O)c3cnccn3)C[C@@H]12. The highest BCUT2D eigenvalue weighted by atomic mass is 16.7. The zero-order valence-electron chi connectivity index (χ0n) is 17.9. The van der Waals surface area contributed by atoms with E-state index in [0.29, 0.717) is 29.3 Å². The number of ether oxygens (including phenoxy) is 2. The number of aromatic nitrogens is 2. The largest absolute Gasteiger partial charge is 0.454 e. The van der Waals surface area contributed by atoms with Gasteiger partial charge in [-0.25, -0.2) is 4.98 Å². The van der Waals surface area contributed by atoms with Gasteiger partial charge in [-0.05, 0) is 35.4 Å². The van der Waals surface area contributed by atoms with Gasteiger partial charge in [0.2, 0.25) is 12.7 Å². The first kappa shape index (κ1) is 20.2. The molecule has 1 N–H and O–H groups in total. The van der Waals surface area contributed by atoms with E-state index in [0.717, 1.165) is 11.1 Å². The molecule has 6 rings (SSSR count). The molecule has 170 valence electrons. The molecule has 1 fully saturated rings. The van der Waals surface area contributed by atoms with Crippen LogP contribution >= 0.6 is 0 Å². The second-order valence-corrected chi connectivity index (χ2v) is 8.17. The van der Waals surface area contributed by atoms with E-state index in [1.165, 1.54) is 28.4 Å². The molecular formula is C24H19N5O5. The summed E-state index contributed by atoms with van der Waals surface area (Å²) in [4.78, 5) is 50.4. The number of amides is 3. The molecule has 10 nitrogen and oxygen atoms in total. The summed E-state index contributed by atoms with van der Waals surface area (Å²) >= 11 is 0. The van der Waals surface area contributed by atoms with E-state index in [-0.39, 0.29) is 43.3 Å². The van der Waals surface area contributed by atoms with E-state index < -0.39 is 6.04 Å². The second-order valence-electron chi connectivity index (χ2n) is 8.17. The molecule has 0 saturated carbocycles. The molecular weight excluding hydrogens is 438 g/mol. The number of benzene rings is 2. The summed E-state index contributed by atoms with van der Waals surface area (Å²) in [7, 11) is 0. The summed E-state index contributed by atoms with van der Waals surface area (Å²) in [6, 6.07) is 10.1. The Bertz CT molecular complexity index is 1330. The molecule has 1 atom stereocenters. The fourth-order valence-electron chi connectivity index (χ4n) is 4.46. The summed E-state index contributed by atoms with van der Waals surface area (Å²) in [5, 5.41) is 2.86. The molecule has 0 aliphatic carbocycles. The summed E-state index contributed by atoms with van der Waals surface area (Å²) in [5.41, 5.74) is 2.73. The Kier molecular flexibility index (Phi) is 4.65. The lowest BCUT2D eigenvalue weighted by molar-refractivity contribution is -0.121. The first-order valence-corrected chi connectivity index (χ1v) is 10.8. The van der Waals surface area contributed by atoms with E-state index in [2.05, 4.69) is 15.3 Å². The monoisotopic (exact) mass is 457 g/mol. The predicted octanol–water partition coefficient (Wildman–Crippen LogP) is 1.79. The lowest BCUT2D eigenvalue weighted by atomic mass is 10.0. The van der Waals surface area contributed by atoms with Crippen molar-refractivity contribution >= 4 is 23.4 Å². The van der Waals surface area contributed by atoms with Crippen molar-refractivity contribution in [2.24, 2.45) is 0 Å². The van der Waals surface area contributed by atoms with Crippen LogP contribution in [-0.2, 0) is 4.79 Å². The molecule has 4 heterocycles. The lowest BCUT2D eigenvalue weighted by Crippen LogP contribution is -2.59. The van der Waals surface area contributed by atoms with Crippen molar-refractivity contribution in [3.8, 4) is 22.6 Å². The zero-order chi connectivity index (χ0) is 23.2. The van der Waals surface area contributed by atoms with Crippen LogP contribution in [0.15, 0.2) is 55.0 Å². The van der Waals surface area contributed by atoms with Crippen molar-refractivity contribution in [3.05, 3.63) is 66.2 Å². The van der Waals surface area contributed by atoms with Gasteiger partial charge in [0.05, 0.1) is 24.0 Å².